The van der Waals surface area contributed by atoms with Crippen LogP contribution in [0.3, 0.4) is 0 Å². The largest absolute Gasteiger partial charge is 0.433 e. The first-order valence-corrected chi connectivity index (χ1v) is 5.55. The Kier molecular flexibility index (Phi) is 4.34. The molecule has 0 saturated heterocycles. The Bertz CT molecular complexity index is 595. The summed E-state index contributed by atoms with van der Waals surface area (Å²) in [5.41, 5.74) is 0.847. The van der Waals surface area contributed by atoms with Crippen molar-refractivity contribution in [2.45, 2.75) is 13.2 Å². The van der Waals surface area contributed by atoms with Gasteiger partial charge in [-0.25, -0.2) is 0 Å². The third-order valence-electron chi connectivity index (χ3n) is 2.25. The number of rotatable bonds is 5. The van der Waals surface area contributed by atoms with Crippen LogP contribution >= 0.6 is 0 Å². The van der Waals surface area contributed by atoms with Gasteiger partial charge in [0.15, 0.2) is 5.69 Å². The van der Waals surface area contributed by atoms with E-state index in [9.17, 15) is 8.78 Å². The molecule has 0 atom stereocenters. The average Bonchev–Trinajstić information content (AvgIpc) is 2.46. The Labute approximate surface area is 113 Å². The van der Waals surface area contributed by atoms with Gasteiger partial charge < -0.3 is 10.1 Å². The van der Waals surface area contributed by atoms with Crippen LogP contribution in [0.4, 0.5) is 14.6 Å². The average molecular weight is 277 g/mol. The van der Waals surface area contributed by atoms with Crippen LogP contribution in [-0.2, 0) is 6.54 Å². The third-order valence-corrected chi connectivity index (χ3v) is 2.25. The quantitative estimate of drug-likeness (QED) is 0.899. The first-order valence-electron chi connectivity index (χ1n) is 5.55. The SMILES string of the molecule is N#Cc1ccc(NCc2ccc(OC(F)F)cn2)nn1. The van der Waals surface area contributed by atoms with Crippen molar-refractivity contribution in [1.29, 1.82) is 5.26 Å². The fourth-order valence-electron chi connectivity index (χ4n) is 1.36. The number of ether oxygens (including phenoxy) is 1. The second-order valence-corrected chi connectivity index (χ2v) is 3.63. The van der Waals surface area contributed by atoms with E-state index in [0.717, 1.165) is 0 Å². The minimum absolute atomic E-state index is 0.00177. The van der Waals surface area contributed by atoms with Crippen LogP contribution in [0.15, 0.2) is 30.5 Å². The van der Waals surface area contributed by atoms with Crippen molar-refractivity contribution < 1.29 is 13.5 Å². The molecule has 2 rings (SSSR count). The maximum atomic E-state index is 12.0. The molecular weight excluding hydrogens is 268 g/mol. The Hall–Kier alpha value is -2.82. The Morgan fingerprint density at radius 2 is 2.10 bits per heavy atom. The molecule has 0 bridgehead atoms. The summed E-state index contributed by atoms with van der Waals surface area (Å²) < 4.78 is 28.1. The molecule has 0 aliphatic rings. The first-order chi connectivity index (χ1) is 9.67. The summed E-state index contributed by atoms with van der Waals surface area (Å²) >= 11 is 0. The van der Waals surface area contributed by atoms with Crippen molar-refractivity contribution in [3.63, 3.8) is 0 Å². The van der Waals surface area contributed by atoms with Gasteiger partial charge in [0.05, 0.1) is 18.4 Å². The van der Waals surface area contributed by atoms with Crippen LogP contribution in [0.25, 0.3) is 0 Å². The number of nitriles is 1. The van der Waals surface area contributed by atoms with Gasteiger partial charge in [0.1, 0.15) is 17.6 Å². The van der Waals surface area contributed by atoms with E-state index in [2.05, 4.69) is 25.2 Å². The molecule has 0 aliphatic carbocycles. The monoisotopic (exact) mass is 277 g/mol. The van der Waals surface area contributed by atoms with Gasteiger partial charge in [-0.1, -0.05) is 0 Å². The third kappa shape index (κ3) is 3.84. The zero-order valence-corrected chi connectivity index (χ0v) is 10.1. The van der Waals surface area contributed by atoms with E-state index in [4.69, 9.17) is 5.26 Å². The van der Waals surface area contributed by atoms with Gasteiger partial charge in [-0.2, -0.15) is 14.0 Å². The number of aromatic nitrogens is 3. The zero-order valence-electron chi connectivity index (χ0n) is 10.1. The predicted molar refractivity (Wildman–Crippen MR) is 64.9 cm³/mol. The van der Waals surface area contributed by atoms with Gasteiger partial charge in [-0.15, -0.1) is 10.2 Å². The maximum Gasteiger partial charge on any atom is 0.387 e. The highest BCUT2D eigenvalue weighted by molar-refractivity contribution is 5.36. The maximum absolute atomic E-state index is 12.0. The second-order valence-electron chi connectivity index (χ2n) is 3.63. The van der Waals surface area contributed by atoms with Crippen molar-refractivity contribution in [2.75, 3.05) is 5.32 Å². The van der Waals surface area contributed by atoms with Crippen molar-refractivity contribution >= 4 is 5.82 Å². The summed E-state index contributed by atoms with van der Waals surface area (Å²) in [5, 5.41) is 19.0. The highest BCUT2D eigenvalue weighted by Crippen LogP contribution is 2.13. The lowest BCUT2D eigenvalue weighted by atomic mass is 10.3. The van der Waals surface area contributed by atoms with Gasteiger partial charge in [0, 0.05) is 0 Å². The number of halogens is 2. The highest BCUT2D eigenvalue weighted by atomic mass is 19.3. The van der Waals surface area contributed by atoms with Gasteiger partial charge in [0.2, 0.25) is 0 Å². The molecule has 6 nitrogen and oxygen atoms in total. The molecular formula is C12H9F2N5O. The van der Waals surface area contributed by atoms with Crippen molar-refractivity contribution in [2.24, 2.45) is 0 Å². The standard InChI is InChI=1S/C12H9F2N5O/c13-12(14)20-10-3-1-9(16-7-10)6-17-11-4-2-8(5-15)18-19-11/h1-4,7,12H,6H2,(H,17,19). The van der Waals surface area contributed by atoms with Crippen LogP contribution in [0.1, 0.15) is 11.4 Å². The number of nitrogens with zero attached hydrogens (tertiary/aromatic N) is 4. The summed E-state index contributed by atoms with van der Waals surface area (Å²) in [6.45, 7) is -2.52. The van der Waals surface area contributed by atoms with Gasteiger partial charge in [-0.3, -0.25) is 4.98 Å². The van der Waals surface area contributed by atoms with Crippen LogP contribution in [0, 0.1) is 11.3 Å². The normalized spacial score (nSPS) is 10.1. The van der Waals surface area contributed by atoms with Crippen LogP contribution in [0.2, 0.25) is 0 Å². The summed E-state index contributed by atoms with van der Waals surface area (Å²) in [5.74, 6) is 0.487. The summed E-state index contributed by atoms with van der Waals surface area (Å²) in [6, 6.07) is 7.96. The summed E-state index contributed by atoms with van der Waals surface area (Å²) in [4.78, 5) is 3.96. The zero-order chi connectivity index (χ0) is 14.4. The minimum atomic E-state index is -2.87. The lowest BCUT2D eigenvalue weighted by Crippen LogP contribution is -2.05. The smallest absolute Gasteiger partial charge is 0.387 e. The second kappa shape index (κ2) is 6.38. The summed E-state index contributed by atoms with van der Waals surface area (Å²) in [7, 11) is 0. The van der Waals surface area contributed by atoms with Crippen molar-refractivity contribution in [1.82, 2.24) is 15.2 Å². The lowest BCUT2D eigenvalue weighted by Gasteiger charge is -2.06. The van der Waals surface area contributed by atoms with Gasteiger partial charge in [-0.05, 0) is 24.3 Å². The number of anilines is 1. The Morgan fingerprint density at radius 1 is 1.25 bits per heavy atom. The minimum Gasteiger partial charge on any atom is -0.433 e. The van der Waals surface area contributed by atoms with E-state index in [1.807, 2.05) is 6.07 Å². The number of hydrogen-bond donors (Lipinski definition) is 1. The Morgan fingerprint density at radius 3 is 2.65 bits per heavy atom. The molecule has 0 radical (unpaired) electrons. The molecule has 20 heavy (non-hydrogen) atoms. The van der Waals surface area contributed by atoms with Gasteiger partial charge in [0.25, 0.3) is 0 Å². The van der Waals surface area contributed by atoms with Crippen LogP contribution < -0.4 is 10.1 Å². The number of nitrogens with one attached hydrogen (secondary N) is 1. The van der Waals surface area contributed by atoms with Gasteiger partial charge >= 0.3 is 6.61 Å². The first kappa shape index (κ1) is 13.6. The highest BCUT2D eigenvalue weighted by Gasteiger charge is 2.04. The molecule has 0 saturated carbocycles. The van der Waals surface area contributed by atoms with E-state index in [-0.39, 0.29) is 11.4 Å². The Balaban J connectivity index is 1.91. The van der Waals surface area contributed by atoms with Crippen molar-refractivity contribution in [3.05, 3.63) is 41.9 Å². The molecule has 0 fully saturated rings. The molecule has 1 N–H and O–H groups in total. The van der Waals surface area contributed by atoms with Crippen LogP contribution in [0.5, 0.6) is 5.75 Å². The topological polar surface area (TPSA) is 83.7 Å². The van der Waals surface area contributed by atoms with E-state index in [1.165, 1.54) is 18.3 Å². The molecule has 0 spiro atoms. The summed E-state index contributed by atoms with van der Waals surface area (Å²) in [6.07, 6.45) is 1.22. The van der Waals surface area contributed by atoms with E-state index < -0.39 is 6.61 Å². The van der Waals surface area contributed by atoms with E-state index >= 15 is 0 Å². The molecule has 0 unspecified atom stereocenters. The molecule has 2 heterocycles. The van der Waals surface area contributed by atoms with Crippen LogP contribution in [-0.4, -0.2) is 21.8 Å². The predicted octanol–water partition coefficient (Wildman–Crippen LogP) is 1.96. The number of alkyl halides is 2. The number of hydrogen-bond acceptors (Lipinski definition) is 6. The lowest BCUT2D eigenvalue weighted by molar-refractivity contribution is -0.0500. The molecule has 0 aliphatic heterocycles. The number of pyridine rings is 1. The molecule has 2 aromatic heterocycles. The van der Waals surface area contributed by atoms with E-state index in [0.29, 0.717) is 18.1 Å². The van der Waals surface area contributed by atoms with E-state index in [1.54, 1.807) is 12.1 Å². The van der Waals surface area contributed by atoms with Crippen molar-refractivity contribution in [3.8, 4) is 11.8 Å². The molecule has 8 heteroatoms. The molecule has 0 amide bonds. The fourth-order valence-corrected chi connectivity index (χ4v) is 1.36. The molecule has 2 aromatic rings. The fraction of sp³-hybridized carbons (Fsp3) is 0.167. The molecule has 0 aromatic carbocycles. The molecule has 102 valence electrons.